The quantitative estimate of drug-likeness (QED) is 0.143. The summed E-state index contributed by atoms with van der Waals surface area (Å²) in [7, 11) is 0. The fourth-order valence-electron chi connectivity index (χ4n) is 2.75. The van der Waals surface area contributed by atoms with Crippen molar-refractivity contribution in [2.75, 3.05) is 46.9 Å². The van der Waals surface area contributed by atoms with Crippen molar-refractivity contribution in [3.63, 3.8) is 0 Å². The predicted octanol–water partition coefficient (Wildman–Crippen LogP) is 11.6. The molecule has 0 spiro atoms. The van der Waals surface area contributed by atoms with Crippen molar-refractivity contribution in [2.45, 2.75) is 4.08 Å². The van der Waals surface area contributed by atoms with Crippen LogP contribution in [0.2, 0.25) is 0 Å². The molecule has 0 radical (unpaired) electrons. The zero-order chi connectivity index (χ0) is 25.0. The van der Waals surface area contributed by atoms with Gasteiger partial charge in [0, 0.05) is 37.9 Å². The molecule has 1 atom stereocenters. The van der Waals surface area contributed by atoms with E-state index in [9.17, 15) is 0 Å². The first-order valence-corrected chi connectivity index (χ1v) is 24.0. The van der Waals surface area contributed by atoms with Gasteiger partial charge in [0.05, 0.1) is 38.0 Å². The van der Waals surface area contributed by atoms with Gasteiger partial charge in [-0.05, 0) is 18.8 Å². The molecule has 0 aromatic carbocycles. The van der Waals surface area contributed by atoms with E-state index >= 15 is 0 Å². The number of thioether (sulfide) groups is 13. The molecule has 16 heteroatoms. The fourth-order valence-corrected chi connectivity index (χ4v) is 23.7. The SMILES string of the molecule is CSC1=C(SC)SC(=C2SCC(CS)(SCSC3=C(SC)SC(=C4SC(CS)=C(CS)S4)S3)S2)S1. The largest absolute Gasteiger partial charge is 0.177 e. The van der Waals surface area contributed by atoms with Crippen LogP contribution in [0, 0.1) is 0 Å². The topological polar surface area (TPSA) is 0 Å². The van der Waals surface area contributed by atoms with Gasteiger partial charge in [0.1, 0.15) is 0 Å². The lowest BCUT2D eigenvalue weighted by atomic mass is 10.5. The molecule has 4 aliphatic rings. The van der Waals surface area contributed by atoms with E-state index in [4.69, 9.17) is 12.6 Å². The molecule has 1 fully saturated rings. The van der Waals surface area contributed by atoms with Gasteiger partial charge in [0.15, 0.2) is 0 Å². The van der Waals surface area contributed by atoms with Gasteiger partial charge in [-0.25, -0.2) is 0 Å². The highest BCUT2D eigenvalue weighted by atomic mass is 32.3. The maximum Gasteiger partial charge on any atom is 0.0852 e. The van der Waals surface area contributed by atoms with Crippen LogP contribution < -0.4 is 0 Å². The second-order valence-corrected chi connectivity index (χ2v) is 23.7. The van der Waals surface area contributed by atoms with Crippen molar-refractivity contribution in [1.29, 1.82) is 0 Å². The highest BCUT2D eigenvalue weighted by Crippen LogP contribution is 2.66. The monoisotopic (exact) mass is 762 g/mol. The smallest absolute Gasteiger partial charge is 0.0852 e. The molecule has 194 valence electrons. The van der Waals surface area contributed by atoms with Crippen LogP contribution in [0.3, 0.4) is 0 Å². The highest BCUT2D eigenvalue weighted by molar-refractivity contribution is 8.45. The Hall–Kier alpha value is 4.30. The summed E-state index contributed by atoms with van der Waals surface area (Å²) in [5.41, 5.74) is 0. The summed E-state index contributed by atoms with van der Waals surface area (Å²) in [6, 6.07) is 0. The molecule has 4 heterocycles. The van der Waals surface area contributed by atoms with Crippen LogP contribution in [0.4, 0.5) is 0 Å². The standard InChI is InChI=1S/C19H22S16/c1-23-11-12(24-2)32-16(31-11)15-26-7-19(6-22,35-15)28-8-27-14-13(25-3)33-18(34-14)17-29-9(4-20)10(5-21)30-17/h20-22H,4-8H2,1-3H3. The molecule has 0 amide bonds. The van der Waals surface area contributed by atoms with Crippen LogP contribution in [0.25, 0.3) is 0 Å². The molecule has 0 N–H and O–H groups in total. The summed E-state index contributed by atoms with van der Waals surface area (Å²) >= 11 is 39.2. The average Bonchev–Trinajstić information content (AvgIpc) is 3.67. The minimum atomic E-state index is 0.146. The lowest BCUT2D eigenvalue weighted by molar-refractivity contribution is 1.09. The van der Waals surface area contributed by atoms with Gasteiger partial charge >= 0.3 is 0 Å². The summed E-state index contributed by atoms with van der Waals surface area (Å²) < 4.78 is 11.7. The summed E-state index contributed by atoms with van der Waals surface area (Å²) in [4.78, 5) is 2.72. The Morgan fingerprint density at radius 2 is 1.17 bits per heavy atom. The second kappa shape index (κ2) is 15.7. The third kappa shape index (κ3) is 8.03. The number of hydrogen-bond donors (Lipinski definition) is 3. The number of hydrogen-bond acceptors (Lipinski definition) is 16. The molecule has 1 unspecified atom stereocenters. The van der Waals surface area contributed by atoms with E-state index in [0.717, 1.165) is 28.1 Å². The number of rotatable bonds is 10. The molecule has 4 aliphatic heterocycles. The van der Waals surface area contributed by atoms with Crippen LogP contribution in [0.5, 0.6) is 0 Å². The van der Waals surface area contributed by atoms with E-state index in [1.54, 1.807) is 0 Å². The van der Waals surface area contributed by atoms with Crippen molar-refractivity contribution in [2.24, 2.45) is 0 Å². The Morgan fingerprint density at radius 3 is 1.69 bits per heavy atom. The minimum absolute atomic E-state index is 0.146. The van der Waals surface area contributed by atoms with Crippen molar-refractivity contribution >= 4 is 191 Å². The molecule has 0 aliphatic carbocycles. The molecule has 0 aromatic rings. The first-order valence-electron chi connectivity index (χ1n) is 9.79. The highest BCUT2D eigenvalue weighted by Gasteiger charge is 2.40. The number of thiol groups is 3. The maximum absolute atomic E-state index is 4.81. The van der Waals surface area contributed by atoms with Gasteiger partial charge in [0.2, 0.25) is 0 Å². The summed E-state index contributed by atoms with van der Waals surface area (Å²) in [6.07, 6.45) is 6.57. The lowest BCUT2D eigenvalue weighted by Gasteiger charge is -2.24. The third-order valence-corrected chi connectivity index (χ3v) is 25.9. The minimum Gasteiger partial charge on any atom is -0.177 e. The summed E-state index contributed by atoms with van der Waals surface area (Å²) in [5.74, 6) is 3.61. The maximum atomic E-state index is 4.81. The molecular weight excluding hydrogens is 741 g/mol. The fraction of sp³-hybridized carbons (Fsp3) is 0.474. The van der Waals surface area contributed by atoms with Crippen molar-refractivity contribution in [1.82, 2.24) is 0 Å². The molecule has 0 aromatic heterocycles. The van der Waals surface area contributed by atoms with Crippen molar-refractivity contribution in [3.8, 4) is 0 Å². The second-order valence-electron chi connectivity index (χ2n) is 6.55. The normalized spacial score (nSPS) is 25.5. The zero-order valence-electron chi connectivity index (χ0n) is 18.7. The molecule has 35 heavy (non-hydrogen) atoms. The molecule has 0 nitrogen and oxygen atoms in total. The van der Waals surface area contributed by atoms with Gasteiger partial charge in [-0.3, -0.25) is 0 Å². The third-order valence-electron chi connectivity index (χ3n) is 4.45. The zero-order valence-corrected chi connectivity index (χ0v) is 32.0. The average molecular weight is 763 g/mol. The van der Waals surface area contributed by atoms with Crippen molar-refractivity contribution in [3.05, 3.63) is 43.7 Å². The Kier molecular flexibility index (Phi) is 14.4. The van der Waals surface area contributed by atoms with Crippen LogP contribution in [-0.2, 0) is 0 Å². The molecule has 4 rings (SSSR count). The van der Waals surface area contributed by atoms with E-state index in [1.807, 2.05) is 129 Å². The first kappa shape index (κ1) is 32.2. The molecule has 0 saturated carbocycles. The predicted molar refractivity (Wildman–Crippen MR) is 206 cm³/mol. The van der Waals surface area contributed by atoms with Gasteiger partial charge in [0.25, 0.3) is 0 Å². The van der Waals surface area contributed by atoms with Crippen LogP contribution in [0.1, 0.15) is 0 Å². The van der Waals surface area contributed by atoms with Gasteiger partial charge in [-0.15, -0.1) is 70.6 Å². The van der Waals surface area contributed by atoms with Crippen LogP contribution in [0.15, 0.2) is 43.7 Å². The Balaban J connectivity index is 1.35. The van der Waals surface area contributed by atoms with E-state index in [2.05, 4.69) is 67.5 Å². The van der Waals surface area contributed by atoms with Crippen molar-refractivity contribution < 1.29 is 0 Å². The first-order chi connectivity index (χ1) is 17.0. The van der Waals surface area contributed by atoms with Crippen LogP contribution >= 0.6 is 191 Å². The Morgan fingerprint density at radius 1 is 0.686 bits per heavy atom. The van der Waals surface area contributed by atoms with E-state index in [-0.39, 0.29) is 4.08 Å². The Labute approximate surface area is 281 Å². The Bertz CT molecular complexity index is 955. The molecule has 0 bridgehead atoms. The summed E-state index contributed by atoms with van der Waals surface area (Å²) in [6.45, 7) is 0. The van der Waals surface area contributed by atoms with Gasteiger partial charge < -0.3 is 0 Å². The van der Waals surface area contributed by atoms with E-state index in [0.29, 0.717) is 0 Å². The van der Waals surface area contributed by atoms with Gasteiger partial charge in [-0.2, -0.15) is 37.9 Å². The van der Waals surface area contributed by atoms with E-state index in [1.165, 1.54) is 43.7 Å². The van der Waals surface area contributed by atoms with Gasteiger partial charge in [-0.1, -0.05) is 82.3 Å². The summed E-state index contributed by atoms with van der Waals surface area (Å²) in [5, 5.41) is 1.05. The lowest BCUT2D eigenvalue weighted by Crippen LogP contribution is -2.22. The van der Waals surface area contributed by atoms with E-state index < -0.39 is 0 Å². The molecule has 1 saturated heterocycles. The van der Waals surface area contributed by atoms with Crippen LogP contribution in [-0.4, -0.2) is 50.9 Å². The molecular formula is C19H22S16.